The van der Waals surface area contributed by atoms with E-state index in [-0.39, 0.29) is 0 Å². The Bertz CT molecular complexity index is 753. The van der Waals surface area contributed by atoms with Gasteiger partial charge in [0.15, 0.2) is 0 Å². The van der Waals surface area contributed by atoms with Crippen molar-refractivity contribution < 1.29 is 0 Å². The zero-order valence-corrected chi connectivity index (χ0v) is 15.6. The van der Waals surface area contributed by atoms with Crippen molar-refractivity contribution in [3.63, 3.8) is 0 Å². The van der Waals surface area contributed by atoms with Gasteiger partial charge in [-0.05, 0) is 54.5 Å². The molecule has 4 heteroatoms. The summed E-state index contributed by atoms with van der Waals surface area (Å²) in [5, 5.41) is 7.43. The Morgan fingerprint density at radius 1 is 0.870 bits per heavy atom. The van der Waals surface area contributed by atoms with Crippen molar-refractivity contribution in [2.24, 2.45) is 0 Å². The molecule has 1 unspecified atom stereocenters. The summed E-state index contributed by atoms with van der Waals surface area (Å²) in [7, 11) is 0. The van der Waals surface area contributed by atoms with Gasteiger partial charge in [0.1, 0.15) is 4.99 Å². The summed E-state index contributed by atoms with van der Waals surface area (Å²) in [6.45, 7) is 6.64. The highest BCUT2D eigenvalue weighted by molar-refractivity contribution is 7.98. The van der Waals surface area contributed by atoms with Crippen LogP contribution in [-0.4, -0.2) is 11.2 Å². The summed E-state index contributed by atoms with van der Waals surface area (Å²) in [5.74, 6) is 0.496. The number of anilines is 3. The summed E-state index contributed by atoms with van der Waals surface area (Å²) in [4.78, 5) is 0.774. The molecule has 0 saturated carbocycles. The Labute approximate surface area is 148 Å². The summed E-state index contributed by atoms with van der Waals surface area (Å²) in [6, 6.07) is 13.0. The minimum Gasteiger partial charge on any atom is -0.353 e. The molecule has 0 amide bonds. The largest absolute Gasteiger partial charge is 0.353 e. The van der Waals surface area contributed by atoms with Crippen molar-refractivity contribution in [1.82, 2.24) is 0 Å². The van der Waals surface area contributed by atoms with Crippen LogP contribution in [-0.2, 0) is 0 Å². The van der Waals surface area contributed by atoms with E-state index in [1.165, 1.54) is 11.1 Å². The van der Waals surface area contributed by atoms with Gasteiger partial charge in [-0.3, -0.25) is 0 Å². The molecule has 23 heavy (non-hydrogen) atoms. The molecule has 2 nitrogen and oxygen atoms in total. The number of thiocarbonyl (C=S) groups is 1. The fourth-order valence-corrected chi connectivity index (χ4v) is 3.43. The first-order valence-electron chi connectivity index (χ1n) is 7.88. The van der Waals surface area contributed by atoms with Crippen molar-refractivity contribution in [3.05, 3.63) is 53.1 Å². The predicted molar refractivity (Wildman–Crippen MR) is 108 cm³/mol. The maximum atomic E-state index is 5.61. The van der Waals surface area contributed by atoms with E-state index in [4.69, 9.17) is 12.2 Å². The number of nitrogens with one attached hydrogen (secondary N) is 2. The fourth-order valence-electron chi connectivity index (χ4n) is 2.72. The molecule has 1 heterocycles. The molecule has 0 fully saturated rings. The molecule has 3 rings (SSSR count). The number of thioether (sulfide) groups is 1. The van der Waals surface area contributed by atoms with Crippen molar-refractivity contribution >= 4 is 46.0 Å². The summed E-state index contributed by atoms with van der Waals surface area (Å²) in [5.41, 5.74) is 6.88. The van der Waals surface area contributed by atoms with E-state index in [1.807, 2.05) is 11.8 Å². The lowest BCUT2D eigenvalue weighted by Gasteiger charge is -2.14. The van der Waals surface area contributed by atoms with Crippen LogP contribution in [0.3, 0.4) is 0 Å². The highest BCUT2D eigenvalue weighted by Gasteiger charge is 2.18. The van der Waals surface area contributed by atoms with E-state index in [0.717, 1.165) is 27.6 Å². The number of fused-ring (bicyclic) bond motifs is 2. The number of hydrogen-bond donors (Lipinski definition) is 2. The van der Waals surface area contributed by atoms with E-state index in [1.54, 1.807) is 0 Å². The number of benzene rings is 2. The second-order valence-corrected chi connectivity index (χ2v) is 7.81. The van der Waals surface area contributed by atoms with Gasteiger partial charge in [-0.2, -0.15) is 11.8 Å². The Kier molecular flexibility index (Phi) is 4.64. The van der Waals surface area contributed by atoms with Gasteiger partial charge in [-0.25, -0.2) is 0 Å². The minimum atomic E-state index is 0.467. The molecule has 0 radical (unpaired) electrons. The normalized spacial score (nSPS) is 14.4. The SMILES string of the molecule is CSC(C)c1ccc2c(c1)NC(=S)c1ccc(C(C)C)cc1N2. The molecule has 0 saturated heterocycles. The topological polar surface area (TPSA) is 24.1 Å². The lowest BCUT2D eigenvalue weighted by atomic mass is 10.00. The smallest absolute Gasteiger partial charge is 0.113 e. The second-order valence-electron chi connectivity index (χ2n) is 6.22. The summed E-state index contributed by atoms with van der Waals surface area (Å²) in [6.07, 6.45) is 2.13. The predicted octanol–water partition coefficient (Wildman–Crippen LogP) is 6.08. The molecule has 0 aliphatic carbocycles. The summed E-state index contributed by atoms with van der Waals surface area (Å²) >= 11 is 7.46. The molecule has 0 aromatic heterocycles. The van der Waals surface area contributed by atoms with Gasteiger partial charge in [0.25, 0.3) is 0 Å². The molecule has 2 N–H and O–H groups in total. The summed E-state index contributed by atoms with van der Waals surface area (Å²) < 4.78 is 0. The van der Waals surface area contributed by atoms with Gasteiger partial charge in [0.2, 0.25) is 0 Å². The molecule has 2 aromatic rings. The zero-order valence-electron chi connectivity index (χ0n) is 13.9. The minimum absolute atomic E-state index is 0.467. The Hall–Kier alpha value is -1.52. The van der Waals surface area contributed by atoms with Crippen LogP contribution in [0.4, 0.5) is 17.1 Å². The highest BCUT2D eigenvalue weighted by atomic mass is 32.2. The van der Waals surface area contributed by atoms with E-state index in [9.17, 15) is 0 Å². The van der Waals surface area contributed by atoms with E-state index >= 15 is 0 Å². The van der Waals surface area contributed by atoms with Gasteiger partial charge in [0, 0.05) is 16.5 Å². The molecule has 1 atom stereocenters. The van der Waals surface area contributed by atoms with Crippen molar-refractivity contribution in [3.8, 4) is 0 Å². The van der Waals surface area contributed by atoms with Crippen LogP contribution in [0.1, 0.15) is 48.6 Å². The van der Waals surface area contributed by atoms with Crippen LogP contribution in [0.2, 0.25) is 0 Å². The van der Waals surface area contributed by atoms with Crippen LogP contribution in [0.25, 0.3) is 0 Å². The lowest BCUT2D eigenvalue weighted by molar-refractivity contribution is 0.867. The Morgan fingerprint density at radius 2 is 1.57 bits per heavy atom. The number of hydrogen-bond acceptors (Lipinski definition) is 3. The van der Waals surface area contributed by atoms with Crippen LogP contribution < -0.4 is 10.6 Å². The van der Waals surface area contributed by atoms with Crippen LogP contribution >= 0.6 is 24.0 Å². The van der Waals surface area contributed by atoms with Crippen LogP contribution in [0.15, 0.2) is 36.4 Å². The van der Waals surface area contributed by atoms with Crippen LogP contribution in [0, 0.1) is 0 Å². The van der Waals surface area contributed by atoms with Gasteiger partial charge in [-0.15, -0.1) is 0 Å². The van der Waals surface area contributed by atoms with Crippen LogP contribution in [0.5, 0.6) is 0 Å². The first-order chi connectivity index (χ1) is 11.0. The van der Waals surface area contributed by atoms with Crippen molar-refractivity contribution in [1.29, 1.82) is 0 Å². The first-order valence-corrected chi connectivity index (χ1v) is 9.58. The molecule has 2 aromatic carbocycles. The first kappa shape index (κ1) is 16.3. The molecular weight excluding hydrogens is 320 g/mol. The molecule has 1 aliphatic rings. The number of rotatable bonds is 3. The van der Waals surface area contributed by atoms with Gasteiger partial charge < -0.3 is 10.6 Å². The monoisotopic (exact) mass is 342 g/mol. The average molecular weight is 343 g/mol. The van der Waals surface area contributed by atoms with E-state index in [0.29, 0.717) is 11.2 Å². The standard InChI is InChI=1S/C19H22N2S2/c1-11(2)13-5-7-15-17(9-13)20-16-8-6-14(12(3)23-4)10-18(16)21-19(15)22/h5-12,20H,1-4H3,(H,21,22). The third-order valence-electron chi connectivity index (χ3n) is 4.34. The van der Waals surface area contributed by atoms with E-state index in [2.05, 4.69) is 74.1 Å². The maximum absolute atomic E-state index is 5.61. The highest BCUT2D eigenvalue weighted by Crippen LogP contribution is 2.37. The van der Waals surface area contributed by atoms with Gasteiger partial charge in [0.05, 0.1) is 11.4 Å². The van der Waals surface area contributed by atoms with E-state index < -0.39 is 0 Å². The zero-order chi connectivity index (χ0) is 16.6. The molecule has 1 aliphatic heterocycles. The molecule has 120 valence electrons. The van der Waals surface area contributed by atoms with Crippen molar-refractivity contribution in [2.45, 2.75) is 31.9 Å². The lowest BCUT2D eigenvalue weighted by Crippen LogP contribution is -2.09. The molecular formula is C19H22N2S2. The second kappa shape index (κ2) is 6.54. The van der Waals surface area contributed by atoms with Gasteiger partial charge >= 0.3 is 0 Å². The van der Waals surface area contributed by atoms with Gasteiger partial charge in [-0.1, -0.05) is 38.2 Å². The third-order valence-corrected chi connectivity index (χ3v) is 5.64. The quantitative estimate of drug-likeness (QED) is 0.660. The fraction of sp³-hybridized carbons (Fsp3) is 0.316. The Balaban J connectivity index is 2.04. The maximum Gasteiger partial charge on any atom is 0.113 e. The van der Waals surface area contributed by atoms with Crippen molar-refractivity contribution in [2.75, 3.05) is 16.9 Å². The molecule has 0 bridgehead atoms. The average Bonchev–Trinajstić information content (AvgIpc) is 2.68. The third kappa shape index (κ3) is 3.24. The molecule has 0 spiro atoms. The Morgan fingerprint density at radius 3 is 2.26 bits per heavy atom.